The van der Waals surface area contributed by atoms with Gasteiger partial charge in [-0.15, -0.1) is 11.6 Å². The standard InChI is InChI=1S/C11H10ClNO/c12-7-6-9-5-4-8-2-1-3-10(14)11(8)13-9/h1-5,14H,6-7H2. The minimum atomic E-state index is 0.221. The SMILES string of the molecule is Oc1cccc2ccc(CCCl)nc12. The number of rotatable bonds is 2. The Morgan fingerprint density at radius 1 is 1.21 bits per heavy atom. The second kappa shape index (κ2) is 3.84. The summed E-state index contributed by atoms with van der Waals surface area (Å²) in [5, 5.41) is 10.5. The van der Waals surface area contributed by atoms with Gasteiger partial charge in [0.1, 0.15) is 11.3 Å². The topological polar surface area (TPSA) is 33.1 Å². The van der Waals surface area contributed by atoms with E-state index in [0.29, 0.717) is 11.4 Å². The first kappa shape index (κ1) is 9.28. The molecule has 0 fully saturated rings. The van der Waals surface area contributed by atoms with E-state index in [1.54, 1.807) is 12.1 Å². The molecule has 2 nitrogen and oxygen atoms in total. The average molecular weight is 208 g/mol. The largest absolute Gasteiger partial charge is 0.506 e. The predicted octanol–water partition coefficient (Wildman–Crippen LogP) is 2.72. The fourth-order valence-electron chi connectivity index (χ4n) is 1.41. The molecule has 0 bridgehead atoms. The highest BCUT2D eigenvalue weighted by molar-refractivity contribution is 6.17. The van der Waals surface area contributed by atoms with Crippen LogP contribution in [0.5, 0.6) is 5.75 Å². The Kier molecular flexibility index (Phi) is 2.55. The molecule has 2 rings (SSSR count). The van der Waals surface area contributed by atoms with Crippen molar-refractivity contribution in [3.63, 3.8) is 0 Å². The quantitative estimate of drug-likeness (QED) is 0.769. The van der Waals surface area contributed by atoms with Crippen LogP contribution in [0.25, 0.3) is 10.9 Å². The van der Waals surface area contributed by atoms with E-state index in [2.05, 4.69) is 4.98 Å². The molecule has 72 valence electrons. The summed E-state index contributed by atoms with van der Waals surface area (Å²) in [6.45, 7) is 0. The second-order valence-corrected chi connectivity index (χ2v) is 3.47. The van der Waals surface area contributed by atoms with E-state index in [0.717, 1.165) is 17.5 Å². The van der Waals surface area contributed by atoms with Gasteiger partial charge in [-0.2, -0.15) is 0 Å². The van der Waals surface area contributed by atoms with Gasteiger partial charge in [-0.3, -0.25) is 0 Å². The van der Waals surface area contributed by atoms with Crippen LogP contribution in [0, 0.1) is 0 Å². The van der Waals surface area contributed by atoms with Gasteiger partial charge in [-0.25, -0.2) is 4.98 Å². The van der Waals surface area contributed by atoms with Crippen molar-refractivity contribution >= 4 is 22.5 Å². The number of halogens is 1. The number of hydrogen-bond donors (Lipinski definition) is 1. The number of phenols is 1. The molecule has 0 saturated heterocycles. The molecule has 0 unspecified atom stereocenters. The number of aromatic nitrogens is 1. The Balaban J connectivity index is 2.58. The summed E-state index contributed by atoms with van der Waals surface area (Å²) in [6, 6.07) is 9.25. The number of nitrogens with zero attached hydrogens (tertiary/aromatic N) is 1. The Morgan fingerprint density at radius 3 is 2.86 bits per heavy atom. The van der Waals surface area contributed by atoms with E-state index in [1.165, 1.54) is 0 Å². The maximum absolute atomic E-state index is 9.57. The molecule has 0 aliphatic carbocycles. The first-order valence-electron chi connectivity index (χ1n) is 4.45. The maximum Gasteiger partial charge on any atom is 0.141 e. The lowest BCUT2D eigenvalue weighted by atomic mass is 10.2. The van der Waals surface area contributed by atoms with Crippen molar-refractivity contribution in [3.8, 4) is 5.75 Å². The highest BCUT2D eigenvalue weighted by Crippen LogP contribution is 2.22. The molecule has 3 heteroatoms. The highest BCUT2D eigenvalue weighted by Gasteiger charge is 2.01. The van der Waals surface area contributed by atoms with Crippen LogP contribution < -0.4 is 0 Å². The van der Waals surface area contributed by atoms with Crippen LogP contribution in [0.1, 0.15) is 5.69 Å². The van der Waals surface area contributed by atoms with Gasteiger partial charge in [0.2, 0.25) is 0 Å². The third-order valence-corrected chi connectivity index (χ3v) is 2.30. The van der Waals surface area contributed by atoms with Crippen molar-refractivity contribution in [2.24, 2.45) is 0 Å². The van der Waals surface area contributed by atoms with Crippen molar-refractivity contribution < 1.29 is 5.11 Å². The minimum absolute atomic E-state index is 0.221. The lowest BCUT2D eigenvalue weighted by Gasteiger charge is -2.02. The van der Waals surface area contributed by atoms with Crippen LogP contribution in [0.3, 0.4) is 0 Å². The number of hydrogen-bond acceptors (Lipinski definition) is 2. The monoisotopic (exact) mass is 207 g/mol. The van der Waals surface area contributed by atoms with Crippen LogP contribution in [0.15, 0.2) is 30.3 Å². The number of aromatic hydroxyl groups is 1. The zero-order chi connectivity index (χ0) is 9.97. The van der Waals surface area contributed by atoms with Gasteiger partial charge >= 0.3 is 0 Å². The van der Waals surface area contributed by atoms with E-state index in [9.17, 15) is 5.11 Å². The number of para-hydroxylation sites is 1. The molecule has 1 aromatic carbocycles. The number of aryl methyl sites for hydroxylation is 1. The molecule has 0 spiro atoms. The molecule has 0 amide bonds. The molecule has 0 atom stereocenters. The summed E-state index contributed by atoms with van der Waals surface area (Å²) < 4.78 is 0. The van der Waals surface area contributed by atoms with Crippen molar-refractivity contribution in [1.29, 1.82) is 0 Å². The predicted molar refractivity (Wildman–Crippen MR) is 57.8 cm³/mol. The van der Waals surface area contributed by atoms with Crippen molar-refractivity contribution in [2.45, 2.75) is 6.42 Å². The fraction of sp³-hybridized carbons (Fsp3) is 0.182. The number of fused-ring (bicyclic) bond motifs is 1. The zero-order valence-electron chi connectivity index (χ0n) is 7.57. The number of pyridine rings is 1. The first-order chi connectivity index (χ1) is 6.81. The van der Waals surface area contributed by atoms with Gasteiger partial charge < -0.3 is 5.11 Å². The van der Waals surface area contributed by atoms with E-state index in [-0.39, 0.29) is 5.75 Å². The summed E-state index contributed by atoms with van der Waals surface area (Å²) in [5.74, 6) is 0.769. The molecule has 1 heterocycles. The second-order valence-electron chi connectivity index (χ2n) is 3.09. The number of benzene rings is 1. The Morgan fingerprint density at radius 2 is 2.07 bits per heavy atom. The van der Waals surface area contributed by atoms with Gasteiger partial charge in [0, 0.05) is 23.4 Å². The van der Waals surface area contributed by atoms with Crippen molar-refractivity contribution in [2.75, 3.05) is 5.88 Å². The fourth-order valence-corrected chi connectivity index (χ4v) is 1.60. The molecular formula is C11H10ClNO. The third kappa shape index (κ3) is 1.66. The average Bonchev–Trinajstić information content (AvgIpc) is 2.20. The Labute approximate surface area is 87.2 Å². The summed E-state index contributed by atoms with van der Waals surface area (Å²) in [5.41, 5.74) is 1.56. The molecule has 0 aliphatic heterocycles. The number of alkyl halides is 1. The molecule has 2 aromatic rings. The molecule has 14 heavy (non-hydrogen) atoms. The summed E-state index contributed by atoms with van der Waals surface area (Å²) in [6.07, 6.45) is 0.728. The lowest BCUT2D eigenvalue weighted by Crippen LogP contribution is -1.91. The smallest absolute Gasteiger partial charge is 0.141 e. The summed E-state index contributed by atoms with van der Waals surface area (Å²) >= 11 is 5.62. The van der Waals surface area contributed by atoms with E-state index in [1.807, 2.05) is 18.2 Å². The molecule has 0 saturated carbocycles. The zero-order valence-corrected chi connectivity index (χ0v) is 8.33. The van der Waals surface area contributed by atoms with Gasteiger partial charge in [0.25, 0.3) is 0 Å². The van der Waals surface area contributed by atoms with Crippen LogP contribution in [0.2, 0.25) is 0 Å². The minimum Gasteiger partial charge on any atom is -0.506 e. The highest BCUT2D eigenvalue weighted by atomic mass is 35.5. The van der Waals surface area contributed by atoms with Crippen molar-refractivity contribution in [1.82, 2.24) is 4.98 Å². The summed E-state index contributed by atoms with van der Waals surface area (Å²) in [7, 11) is 0. The Hall–Kier alpha value is -1.28. The van der Waals surface area contributed by atoms with E-state index >= 15 is 0 Å². The van der Waals surface area contributed by atoms with Crippen LogP contribution >= 0.6 is 11.6 Å². The van der Waals surface area contributed by atoms with Gasteiger partial charge in [0.05, 0.1) is 0 Å². The van der Waals surface area contributed by atoms with Crippen molar-refractivity contribution in [3.05, 3.63) is 36.0 Å². The molecule has 0 aliphatic rings. The normalized spacial score (nSPS) is 10.6. The molecule has 0 radical (unpaired) electrons. The molecule has 1 aromatic heterocycles. The van der Waals surface area contributed by atoms with E-state index < -0.39 is 0 Å². The van der Waals surface area contributed by atoms with Gasteiger partial charge in [-0.1, -0.05) is 18.2 Å². The van der Waals surface area contributed by atoms with Crippen LogP contribution in [0.4, 0.5) is 0 Å². The number of phenolic OH excluding ortho intramolecular Hbond substituents is 1. The maximum atomic E-state index is 9.57. The van der Waals surface area contributed by atoms with Crippen LogP contribution in [-0.2, 0) is 6.42 Å². The first-order valence-corrected chi connectivity index (χ1v) is 4.98. The summed E-state index contributed by atoms with van der Waals surface area (Å²) in [4.78, 5) is 4.33. The van der Waals surface area contributed by atoms with Gasteiger partial charge in [0.15, 0.2) is 0 Å². The van der Waals surface area contributed by atoms with Crippen LogP contribution in [-0.4, -0.2) is 16.0 Å². The Bertz CT molecular complexity index is 456. The molecular weight excluding hydrogens is 198 g/mol. The molecule has 1 N–H and O–H groups in total. The third-order valence-electron chi connectivity index (χ3n) is 2.11. The van der Waals surface area contributed by atoms with E-state index in [4.69, 9.17) is 11.6 Å². The lowest BCUT2D eigenvalue weighted by molar-refractivity contribution is 0.480. The van der Waals surface area contributed by atoms with Gasteiger partial charge in [-0.05, 0) is 12.1 Å².